The van der Waals surface area contributed by atoms with Gasteiger partial charge in [0, 0.05) is 21.9 Å². The number of hydrogen-bond donors (Lipinski definition) is 2. The molecule has 3 aromatic rings. The van der Waals surface area contributed by atoms with Crippen LogP contribution in [-0.4, -0.2) is 15.0 Å². The molecule has 3 rings (SSSR count). The maximum Gasteiger partial charge on any atom is 0.178 e. The van der Waals surface area contributed by atoms with Crippen LogP contribution in [0.2, 0.25) is 0 Å². The van der Waals surface area contributed by atoms with E-state index in [1.165, 1.54) is 0 Å². The first-order chi connectivity index (χ1) is 8.24. The second-order valence-corrected chi connectivity index (χ2v) is 4.55. The molecule has 0 atom stereocenters. The second kappa shape index (κ2) is 3.85. The Kier molecular flexibility index (Phi) is 2.33. The van der Waals surface area contributed by atoms with E-state index >= 15 is 0 Å². The molecule has 0 amide bonds. The third kappa shape index (κ3) is 1.78. The average molecular weight is 289 g/mol. The number of aromatic amines is 1. The average Bonchev–Trinajstić information content (AvgIpc) is 2.76. The monoisotopic (exact) mass is 288 g/mol. The van der Waals surface area contributed by atoms with E-state index in [0.29, 0.717) is 5.69 Å². The summed E-state index contributed by atoms with van der Waals surface area (Å²) in [5, 5.41) is 0. The van der Waals surface area contributed by atoms with Crippen LogP contribution in [0.25, 0.3) is 22.6 Å². The lowest BCUT2D eigenvalue weighted by Gasteiger charge is -2.00. The molecule has 4 nitrogen and oxygen atoms in total. The maximum absolute atomic E-state index is 5.75. The molecule has 0 fully saturated rings. The number of nitrogens with one attached hydrogen (secondary N) is 1. The number of pyridine rings is 1. The van der Waals surface area contributed by atoms with E-state index in [1.807, 2.05) is 30.3 Å². The third-order valence-electron chi connectivity index (χ3n) is 2.53. The van der Waals surface area contributed by atoms with Crippen molar-refractivity contribution in [3.05, 3.63) is 41.0 Å². The highest BCUT2D eigenvalue weighted by molar-refractivity contribution is 9.10. The number of nitrogens with zero attached hydrogens (tertiary/aromatic N) is 2. The summed E-state index contributed by atoms with van der Waals surface area (Å²) in [7, 11) is 0. The van der Waals surface area contributed by atoms with E-state index in [2.05, 4.69) is 30.9 Å². The predicted molar refractivity (Wildman–Crippen MR) is 71.4 cm³/mol. The Morgan fingerprint density at radius 3 is 2.88 bits per heavy atom. The number of nitrogen functional groups attached to an aromatic ring is 1. The highest BCUT2D eigenvalue weighted by Crippen LogP contribution is 2.26. The zero-order valence-electron chi connectivity index (χ0n) is 8.81. The van der Waals surface area contributed by atoms with E-state index in [-0.39, 0.29) is 0 Å². The number of nitrogens with two attached hydrogens (primary N) is 1. The fourth-order valence-corrected chi connectivity index (χ4v) is 2.03. The lowest BCUT2D eigenvalue weighted by Crippen LogP contribution is -1.87. The van der Waals surface area contributed by atoms with Crippen LogP contribution in [0.1, 0.15) is 0 Å². The largest absolute Gasteiger partial charge is 0.398 e. The molecule has 2 aromatic heterocycles. The summed E-state index contributed by atoms with van der Waals surface area (Å²) in [6.45, 7) is 0. The summed E-state index contributed by atoms with van der Waals surface area (Å²) in [4.78, 5) is 11.8. The number of benzene rings is 1. The molecule has 0 unspecified atom stereocenters. The number of anilines is 1. The fraction of sp³-hybridized carbons (Fsp3) is 0. The minimum Gasteiger partial charge on any atom is -0.398 e. The minimum atomic E-state index is 0.711. The van der Waals surface area contributed by atoms with Gasteiger partial charge < -0.3 is 10.7 Å². The Bertz CT molecular complexity index is 657. The first kappa shape index (κ1) is 10.3. The van der Waals surface area contributed by atoms with Crippen molar-refractivity contribution < 1.29 is 0 Å². The quantitative estimate of drug-likeness (QED) is 0.677. The number of halogens is 1. The van der Waals surface area contributed by atoms with Crippen LogP contribution in [0, 0.1) is 0 Å². The van der Waals surface area contributed by atoms with E-state index in [1.54, 1.807) is 6.20 Å². The third-order valence-corrected chi connectivity index (χ3v) is 3.22. The van der Waals surface area contributed by atoms with Crippen LogP contribution in [0.4, 0.5) is 5.69 Å². The van der Waals surface area contributed by atoms with E-state index in [4.69, 9.17) is 5.73 Å². The Balaban J connectivity index is 2.17. The van der Waals surface area contributed by atoms with E-state index in [0.717, 1.165) is 27.0 Å². The van der Waals surface area contributed by atoms with Crippen molar-refractivity contribution in [2.75, 3.05) is 5.73 Å². The fourth-order valence-electron chi connectivity index (χ4n) is 1.66. The van der Waals surface area contributed by atoms with Gasteiger partial charge in [-0.3, -0.25) is 0 Å². The number of fused-ring (bicyclic) bond motifs is 1. The molecule has 2 heterocycles. The highest BCUT2D eigenvalue weighted by Gasteiger charge is 2.06. The standard InChI is InChI=1S/C12H9BrN4/c13-8-6-7(3-4-9(8)14)11-16-10-2-1-5-15-12(10)17-11/h1-6H,14H2,(H,15,16,17). The van der Waals surface area contributed by atoms with Gasteiger partial charge in [-0.15, -0.1) is 0 Å². The van der Waals surface area contributed by atoms with Crippen molar-refractivity contribution in [2.24, 2.45) is 0 Å². The Hall–Kier alpha value is -1.88. The molecule has 0 saturated carbocycles. The van der Waals surface area contributed by atoms with Crippen molar-refractivity contribution in [3.8, 4) is 11.4 Å². The highest BCUT2D eigenvalue weighted by atomic mass is 79.9. The van der Waals surface area contributed by atoms with Gasteiger partial charge in [-0.25, -0.2) is 9.97 Å². The molecule has 0 bridgehead atoms. The molecule has 3 N–H and O–H groups in total. The molecule has 0 aliphatic carbocycles. The SMILES string of the molecule is Nc1ccc(-c2nc3ncccc3[nH]2)cc1Br. The minimum absolute atomic E-state index is 0.711. The number of aromatic nitrogens is 3. The zero-order chi connectivity index (χ0) is 11.8. The maximum atomic E-state index is 5.75. The van der Waals surface area contributed by atoms with Gasteiger partial charge in [0.15, 0.2) is 5.65 Å². The van der Waals surface area contributed by atoms with E-state index < -0.39 is 0 Å². The molecule has 0 radical (unpaired) electrons. The summed E-state index contributed by atoms with van der Waals surface area (Å²) in [6, 6.07) is 9.54. The van der Waals surface area contributed by atoms with Gasteiger partial charge in [-0.05, 0) is 46.3 Å². The van der Waals surface area contributed by atoms with Crippen LogP contribution in [0.3, 0.4) is 0 Å². The van der Waals surface area contributed by atoms with Crippen LogP contribution in [0.15, 0.2) is 41.0 Å². The van der Waals surface area contributed by atoms with Crippen LogP contribution < -0.4 is 5.73 Å². The lowest BCUT2D eigenvalue weighted by atomic mass is 10.2. The van der Waals surface area contributed by atoms with Crippen molar-refractivity contribution in [1.29, 1.82) is 0 Å². The second-order valence-electron chi connectivity index (χ2n) is 3.70. The van der Waals surface area contributed by atoms with Gasteiger partial charge in [-0.2, -0.15) is 0 Å². The van der Waals surface area contributed by atoms with Gasteiger partial charge in [0.25, 0.3) is 0 Å². The van der Waals surface area contributed by atoms with Crippen LogP contribution >= 0.6 is 15.9 Å². The molecule has 1 aromatic carbocycles. The zero-order valence-corrected chi connectivity index (χ0v) is 10.4. The molecule has 0 spiro atoms. The Labute approximate surface area is 106 Å². The predicted octanol–water partition coefficient (Wildman–Crippen LogP) is 2.97. The molecule has 0 aliphatic heterocycles. The number of hydrogen-bond acceptors (Lipinski definition) is 3. The summed E-state index contributed by atoms with van der Waals surface area (Å²) >= 11 is 3.40. The van der Waals surface area contributed by atoms with Gasteiger partial charge in [-0.1, -0.05) is 0 Å². The lowest BCUT2D eigenvalue weighted by molar-refractivity contribution is 1.30. The topological polar surface area (TPSA) is 67.6 Å². The molecule has 0 saturated heterocycles. The van der Waals surface area contributed by atoms with Crippen molar-refractivity contribution in [2.45, 2.75) is 0 Å². The first-order valence-electron chi connectivity index (χ1n) is 5.10. The van der Waals surface area contributed by atoms with Gasteiger partial charge in [0.05, 0.1) is 5.52 Å². The Morgan fingerprint density at radius 2 is 2.12 bits per heavy atom. The van der Waals surface area contributed by atoms with Crippen molar-refractivity contribution in [3.63, 3.8) is 0 Å². The van der Waals surface area contributed by atoms with Crippen LogP contribution in [0.5, 0.6) is 0 Å². The summed E-state index contributed by atoms with van der Waals surface area (Å²) in [5.74, 6) is 0.791. The number of rotatable bonds is 1. The number of H-pyrrole nitrogens is 1. The molecular weight excluding hydrogens is 280 g/mol. The van der Waals surface area contributed by atoms with Crippen LogP contribution in [-0.2, 0) is 0 Å². The summed E-state index contributed by atoms with van der Waals surface area (Å²) < 4.78 is 0.864. The normalized spacial score (nSPS) is 10.9. The number of imidazole rings is 1. The van der Waals surface area contributed by atoms with Crippen molar-refractivity contribution >= 4 is 32.8 Å². The molecule has 0 aliphatic rings. The molecule has 5 heteroatoms. The van der Waals surface area contributed by atoms with Gasteiger partial charge in [0.2, 0.25) is 0 Å². The van der Waals surface area contributed by atoms with Gasteiger partial charge >= 0.3 is 0 Å². The molecular formula is C12H9BrN4. The molecule has 84 valence electrons. The first-order valence-corrected chi connectivity index (χ1v) is 5.89. The Morgan fingerprint density at radius 1 is 1.24 bits per heavy atom. The van der Waals surface area contributed by atoms with E-state index in [9.17, 15) is 0 Å². The van der Waals surface area contributed by atoms with Gasteiger partial charge in [0.1, 0.15) is 5.82 Å². The summed E-state index contributed by atoms with van der Waals surface area (Å²) in [6.07, 6.45) is 1.73. The summed E-state index contributed by atoms with van der Waals surface area (Å²) in [5.41, 5.74) is 9.08. The molecule has 17 heavy (non-hydrogen) atoms. The smallest absolute Gasteiger partial charge is 0.178 e. The van der Waals surface area contributed by atoms with Crippen molar-refractivity contribution in [1.82, 2.24) is 15.0 Å².